The molecule has 4 heterocycles. The molecule has 2 saturated heterocycles. The number of nitrogens with zero attached hydrogens (tertiary/aromatic N) is 3. The summed E-state index contributed by atoms with van der Waals surface area (Å²) < 4.78 is 69.2. The van der Waals surface area contributed by atoms with Crippen LogP contribution in [0.1, 0.15) is 17.1 Å². The Morgan fingerprint density at radius 3 is 2.23 bits per heavy atom. The molecule has 216 valence electrons. The minimum atomic E-state index is -5.08. The molecule has 39 heavy (non-hydrogen) atoms. The topological polar surface area (TPSA) is 142 Å². The van der Waals surface area contributed by atoms with E-state index in [1.165, 1.54) is 0 Å². The van der Waals surface area contributed by atoms with E-state index in [4.69, 9.17) is 24.5 Å². The molecule has 2 aromatic rings. The van der Waals surface area contributed by atoms with Crippen LogP contribution in [0, 0.1) is 11.3 Å². The largest absolute Gasteiger partial charge is 0.490 e. The number of halogens is 6. The summed E-state index contributed by atoms with van der Waals surface area (Å²) in [6, 6.07) is 5.73. The minimum absolute atomic E-state index is 0.0640. The van der Waals surface area contributed by atoms with Gasteiger partial charge in [-0.3, -0.25) is 14.7 Å². The second kappa shape index (κ2) is 13.7. The summed E-state index contributed by atoms with van der Waals surface area (Å²) in [5.74, 6) is -5.01. The van der Waals surface area contributed by atoms with Gasteiger partial charge in [-0.25, -0.2) is 14.6 Å². The molecule has 2 aromatic heterocycles. The van der Waals surface area contributed by atoms with Gasteiger partial charge in [-0.05, 0) is 12.1 Å². The van der Waals surface area contributed by atoms with E-state index in [0.717, 1.165) is 36.9 Å². The maximum Gasteiger partial charge on any atom is 0.490 e. The highest BCUT2D eigenvalue weighted by molar-refractivity contribution is 7.09. The molecule has 0 aliphatic carbocycles. The van der Waals surface area contributed by atoms with Crippen molar-refractivity contribution in [1.82, 2.24) is 20.2 Å². The lowest BCUT2D eigenvalue weighted by Gasteiger charge is -2.26. The third-order valence-electron chi connectivity index (χ3n) is 5.62. The van der Waals surface area contributed by atoms with Crippen molar-refractivity contribution < 1.29 is 55.7 Å². The highest BCUT2D eigenvalue weighted by Gasteiger charge is 2.51. The molecule has 0 spiro atoms. The Morgan fingerprint density at radius 1 is 1.08 bits per heavy atom. The molecular formula is C22H24F6N4O6S. The lowest BCUT2D eigenvalue weighted by molar-refractivity contribution is -0.193. The van der Waals surface area contributed by atoms with Gasteiger partial charge in [0, 0.05) is 48.6 Å². The third-order valence-corrected chi connectivity index (χ3v) is 6.39. The number of carbonyl (C=O) groups excluding carboxylic acids is 1. The number of carboxylic acids is 2. The summed E-state index contributed by atoms with van der Waals surface area (Å²) >= 11 is 1.69. The number of carbonyl (C=O) groups is 3. The second-order valence-electron chi connectivity index (χ2n) is 8.55. The number of hydrogen-bond donors (Lipinski definition) is 3. The smallest absolute Gasteiger partial charge is 0.475 e. The standard InChI is InChI=1S/C18H22N4O2S.2C2HF3O2/c23-16(21-8-15-3-1-2-4-19-15)7-18-12-22(9-14(18)11-24-13-18)10-17-20-5-6-25-17;2*3-2(4,5)1(6)7/h1-6,14H,7-13H2,(H,21,23);2*(H,6,7)/t14-,18+;;/m1../s1. The number of carboxylic acid groups (broad SMARTS) is 2. The minimum Gasteiger partial charge on any atom is -0.475 e. The zero-order valence-corrected chi connectivity index (χ0v) is 20.9. The fourth-order valence-electron chi connectivity index (χ4n) is 3.91. The van der Waals surface area contributed by atoms with Crippen molar-refractivity contribution in [2.45, 2.75) is 31.9 Å². The zero-order valence-electron chi connectivity index (χ0n) is 20.0. The summed E-state index contributed by atoms with van der Waals surface area (Å²) in [4.78, 5) is 41.3. The number of ether oxygens (including phenoxy) is 1. The molecule has 2 aliphatic heterocycles. The Hall–Kier alpha value is -3.31. The van der Waals surface area contributed by atoms with E-state index in [-0.39, 0.29) is 11.3 Å². The van der Waals surface area contributed by atoms with E-state index in [0.29, 0.717) is 25.5 Å². The molecule has 4 rings (SSSR count). The van der Waals surface area contributed by atoms with Gasteiger partial charge in [-0.1, -0.05) is 6.07 Å². The average molecular weight is 587 g/mol. The lowest BCUT2D eigenvalue weighted by Crippen LogP contribution is -2.37. The Bertz CT molecular complexity index is 1060. The molecule has 0 radical (unpaired) electrons. The fourth-order valence-corrected chi connectivity index (χ4v) is 4.57. The van der Waals surface area contributed by atoms with Crippen molar-refractivity contribution in [3.05, 3.63) is 46.7 Å². The van der Waals surface area contributed by atoms with Crippen LogP contribution >= 0.6 is 11.3 Å². The number of pyridine rings is 1. The van der Waals surface area contributed by atoms with Crippen LogP contribution in [0.15, 0.2) is 36.0 Å². The second-order valence-corrected chi connectivity index (χ2v) is 9.53. The van der Waals surface area contributed by atoms with Crippen molar-refractivity contribution in [2.75, 3.05) is 26.3 Å². The van der Waals surface area contributed by atoms with Crippen LogP contribution in [-0.4, -0.2) is 81.6 Å². The quantitative estimate of drug-likeness (QED) is 0.436. The van der Waals surface area contributed by atoms with Crippen LogP contribution in [0.4, 0.5) is 26.3 Å². The Kier molecular flexibility index (Phi) is 11.2. The summed E-state index contributed by atoms with van der Waals surface area (Å²) in [7, 11) is 0. The first-order valence-electron chi connectivity index (χ1n) is 11.1. The molecule has 0 aromatic carbocycles. The predicted octanol–water partition coefficient (Wildman–Crippen LogP) is 2.96. The SMILES string of the molecule is O=C(C[C@]12COC[C@H]1CN(Cc1nccs1)C2)NCc1ccccn1.O=C(O)C(F)(F)F.O=C(O)C(F)(F)F. The van der Waals surface area contributed by atoms with Crippen LogP contribution in [0.25, 0.3) is 0 Å². The van der Waals surface area contributed by atoms with Crippen LogP contribution < -0.4 is 5.32 Å². The van der Waals surface area contributed by atoms with Crippen molar-refractivity contribution in [3.8, 4) is 0 Å². The molecule has 2 aliphatic rings. The maximum absolute atomic E-state index is 12.5. The normalized spacial score (nSPS) is 20.6. The maximum atomic E-state index is 12.5. The number of amides is 1. The number of nitrogens with one attached hydrogen (secondary N) is 1. The van der Waals surface area contributed by atoms with Crippen molar-refractivity contribution in [3.63, 3.8) is 0 Å². The summed E-state index contributed by atoms with van der Waals surface area (Å²) in [5, 5.41) is 20.4. The lowest BCUT2D eigenvalue weighted by atomic mass is 9.78. The molecule has 17 heteroatoms. The molecule has 0 saturated carbocycles. The molecule has 0 bridgehead atoms. The first kappa shape index (κ1) is 31.9. The van der Waals surface area contributed by atoms with Gasteiger partial charge in [0.25, 0.3) is 0 Å². The van der Waals surface area contributed by atoms with E-state index >= 15 is 0 Å². The third kappa shape index (κ3) is 10.4. The predicted molar refractivity (Wildman–Crippen MR) is 122 cm³/mol. The average Bonchev–Trinajstić information content (AvgIpc) is 3.55. The number of thiazole rings is 1. The van der Waals surface area contributed by atoms with E-state index < -0.39 is 24.3 Å². The highest BCUT2D eigenvalue weighted by Crippen LogP contribution is 2.44. The number of fused-ring (bicyclic) bond motifs is 1. The summed E-state index contributed by atoms with van der Waals surface area (Å²) in [5.41, 5.74) is 0.815. The van der Waals surface area contributed by atoms with Gasteiger partial charge in [0.05, 0.1) is 32.0 Å². The Balaban J connectivity index is 0.000000317. The number of rotatable bonds is 6. The fraction of sp³-hybridized carbons (Fsp3) is 0.500. The van der Waals surface area contributed by atoms with E-state index in [1.54, 1.807) is 17.5 Å². The molecule has 2 atom stereocenters. The molecule has 1 amide bonds. The monoisotopic (exact) mass is 586 g/mol. The van der Waals surface area contributed by atoms with Gasteiger partial charge in [0.2, 0.25) is 5.91 Å². The van der Waals surface area contributed by atoms with Crippen LogP contribution in [0.3, 0.4) is 0 Å². The Labute approximate surface area is 221 Å². The van der Waals surface area contributed by atoms with Gasteiger partial charge >= 0.3 is 24.3 Å². The van der Waals surface area contributed by atoms with Gasteiger partial charge in [0.15, 0.2) is 0 Å². The van der Waals surface area contributed by atoms with Gasteiger partial charge < -0.3 is 20.3 Å². The number of alkyl halides is 6. The van der Waals surface area contributed by atoms with Gasteiger partial charge in [-0.15, -0.1) is 11.3 Å². The highest BCUT2D eigenvalue weighted by atomic mass is 32.1. The van der Waals surface area contributed by atoms with Gasteiger partial charge in [-0.2, -0.15) is 26.3 Å². The van der Waals surface area contributed by atoms with E-state index in [2.05, 4.69) is 20.2 Å². The van der Waals surface area contributed by atoms with Crippen molar-refractivity contribution in [2.24, 2.45) is 11.3 Å². The summed E-state index contributed by atoms with van der Waals surface area (Å²) in [6.45, 7) is 4.64. The van der Waals surface area contributed by atoms with Crippen LogP contribution in [0.5, 0.6) is 0 Å². The van der Waals surface area contributed by atoms with E-state index in [1.807, 2.05) is 29.8 Å². The van der Waals surface area contributed by atoms with E-state index in [9.17, 15) is 31.1 Å². The van der Waals surface area contributed by atoms with Crippen LogP contribution in [0.2, 0.25) is 0 Å². The Morgan fingerprint density at radius 2 is 1.72 bits per heavy atom. The van der Waals surface area contributed by atoms with Crippen molar-refractivity contribution >= 4 is 29.2 Å². The number of aliphatic carboxylic acids is 2. The molecule has 2 fully saturated rings. The molecule has 10 nitrogen and oxygen atoms in total. The number of likely N-dealkylation sites (tertiary alicyclic amines) is 1. The first-order valence-corrected chi connectivity index (χ1v) is 12.0. The number of aromatic nitrogens is 2. The van der Waals surface area contributed by atoms with Gasteiger partial charge in [0.1, 0.15) is 5.01 Å². The van der Waals surface area contributed by atoms with Crippen LogP contribution in [-0.2, 0) is 32.2 Å². The molecular weight excluding hydrogens is 562 g/mol. The van der Waals surface area contributed by atoms with Crippen molar-refractivity contribution in [1.29, 1.82) is 0 Å². The summed E-state index contributed by atoms with van der Waals surface area (Å²) in [6.07, 6.45) is -6.06. The first-order chi connectivity index (χ1) is 18.1. The molecule has 0 unspecified atom stereocenters. The zero-order chi connectivity index (χ0) is 29.3. The number of hydrogen-bond acceptors (Lipinski definition) is 8. The molecule has 3 N–H and O–H groups in total.